The molecule has 1 saturated carbocycles. The van der Waals surface area contributed by atoms with Crippen molar-refractivity contribution in [2.24, 2.45) is 5.92 Å². The van der Waals surface area contributed by atoms with E-state index in [4.69, 9.17) is 5.26 Å². The number of rotatable bonds is 1. The lowest BCUT2D eigenvalue weighted by atomic mass is 9.89. The highest BCUT2D eigenvalue weighted by Crippen LogP contribution is 2.27. The number of likely N-dealkylation sites (tertiary alicyclic amines) is 1. The molecule has 2 nitrogen and oxygen atoms in total. The average Bonchev–Trinajstić information content (AvgIpc) is 2.19. The summed E-state index contributed by atoms with van der Waals surface area (Å²) in [6.07, 6.45) is 8.22. The summed E-state index contributed by atoms with van der Waals surface area (Å²) in [6.45, 7) is 6.34. The zero-order valence-electron chi connectivity index (χ0n) is 10.2. The Kier molecular flexibility index (Phi) is 5.71. The summed E-state index contributed by atoms with van der Waals surface area (Å²) in [4.78, 5) is 2.49. The Morgan fingerprint density at radius 1 is 1.13 bits per heavy atom. The van der Waals surface area contributed by atoms with E-state index in [1.165, 1.54) is 38.5 Å². The predicted molar refractivity (Wildman–Crippen MR) is 63.5 cm³/mol. The molecule has 0 bridgehead atoms. The Bertz CT molecular complexity index is 195. The van der Waals surface area contributed by atoms with Gasteiger partial charge in [-0.05, 0) is 12.8 Å². The van der Waals surface area contributed by atoms with Crippen LogP contribution in [0.4, 0.5) is 0 Å². The average molecular weight is 208 g/mol. The third-order valence-electron chi connectivity index (χ3n) is 3.18. The highest BCUT2D eigenvalue weighted by atomic mass is 15.2. The van der Waals surface area contributed by atoms with Gasteiger partial charge in [-0.15, -0.1) is 0 Å². The number of hydrogen-bond acceptors (Lipinski definition) is 2. The first-order valence-electron chi connectivity index (χ1n) is 6.45. The summed E-state index contributed by atoms with van der Waals surface area (Å²) in [7, 11) is 0. The Balaban J connectivity index is 0.000000337. The number of nitrogens with zero attached hydrogens (tertiary/aromatic N) is 2. The van der Waals surface area contributed by atoms with Gasteiger partial charge in [-0.3, -0.25) is 4.90 Å². The van der Waals surface area contributed by atoms with Crippen molar-refractivity contribution in [2.45, 2.75) is 58.4 Å². The molecule has 0 aromatic rings. The molecule has 86 valence electrons. The van der Waals surface area contributed by atoms with Gasteiger partial charge in [0.05, 0.1) is 12.0 Å². The van der Waals surface area contributed by atoms with Crippen molar-refractivity contribution in [1.82, 2.24) is 4.90 Å². The quantitative estimate of drug-likeness (QED) is 0.661. The van der Waals surface area contributed by atoms with Crippen LogP contribution in [-0.4, -0.2) is 24.0 Å². The van der Waals surface area contributed by atoms with Crippen molar-refractivity contribution in [3.05, 3.63) is 0 Å². The molecule has 0 atom stereocenters. The third-order valence-corrected chi connectivity index (χ3v) is 3.18. The first kappa shape index (κ1) is 12.5. The van der Waals surface area contributed by atoms with Crippen LogP contribution in [0.3, 0.4) is 0 Å². The fraction of sp³-hybridized carbons (Fsp3) is 0.923. The largest absolute Gasteiger partial charge is 0.298 e. The van der Waals surface area contributed by atoms with Crippen LogP contribution in [0.2, 0.25) is 0 Å². The Morgan fingerprint density at radius 2 is 1.67 bits per heavy atom. The van der Waals surface area contributed by atoms with Gasteiger partial charge in [0.1, 0.15) is 0 Å². The van der Waals surface area contributed by atoms with E-state index >= 15 is 0 Å². The maximum atomic E-state index is 8.63. The van der Waals surface area contributed by atoms with E-state index in [9.17, 15) is 0 Å². The second-order valence-corrected chi connectivity index (χ2v) is 4.78. The SMILES string of the molecule is CCC.N#CC1CN(C2CCCCC2)C1. The minimum absolute atomic E-state index is 0.340. The molecule has 0 N–H and O–H groups in total. The van der Waals surface area contributed by atoms with Crippen molar-refractivity contribution in [2.75, 3.05) is 13.1 Å². The first-order chi connectivity index (χ1) is 7.31. The molecule has 0 amide bonds. The van der Waals surface area contributed by atoms with Crippen LogP contribution in [0.25, 0.3) is 0 Å². The predicted octanol–water partition coefficient (Wildman–Crippen LogP) is 3.19. The first-order valence-corrected chi connectivity index (χ1v) is 6.45. The van der Waals surface area contributed by atoms with Crippen molar-refractivity contribution >= 4 is 0 Å². The molecule has 2 aliphatic rings. The molecule has 0 unspecified atom stereocenters. The van der Waals surface area contributed by atoms with Crippen molar-refractivity contribution in [1.29, 1.82) is 5.26 Å². The van der Waals surface area contributed by atoms with Gasteiger partial charge in [0.2, 0.25) is 0 Å². The summed E-state index contributed by atoms with van der Waals surface area (Å²) in [5.41, 5.74) is 0. The van der Waals surface area contributed by atoms with E-state index in [-0.39, 0.29) is 0 Å². The normalized spacial score (nSPS) is 23.5. The monoisotopic (exact) mass is 208 g/mol. The highest BCUT2D eigenvalue weighted by molar-refractivity contribution is 4.97. The summed E-state index contributed by atoms with van der Waals surface area (Å²) in [6, 6.07) is 3.15. The van der Waals surface area contributed by atoms with Crippen LogP contribution in [0.1, 0.15) is 52.4 Å². The smallest absolute Gasteiger partial charge is 0.0717 e. The maximum absolute atomic E-state index is 8.63. The summed E-state index contributed by atoms with van der Waals surface area (Å²) in [5.74, 6) is 0.340. The van der Waals surface area contributed by atoms with E-state index < -0.39 is 0 Å². The molecule has 1 saturated heterocycles. The summed E-state index contributed by atoms with van der Waals surface area (Å²) >= 11 is 0. The molecule has 0 spiro atoms. The Morgan fingerprint density at radius 3 is 2.13 bits per heavy atom. The molecule has 0 aromatic carbocycles. The minimum Gasteiger partial charge on any atom is -0.298 e. The number of hydrogen-bond donors (Lipinski definition) is 0. The lowest BCUT2D eigenvalue weighted by molar-refractivity contribution is 0.0594. The van der Waals surface area contributed by atoms with E-state index in [0.29, 0.717) is 5.92 Å². The van der Waals surface area contributed by atoms with Crippen molar-refractivity contribution < 1.29 is 0 Å². The molecular weight excluding hydrogens is 184 g/mol. The number of nitriles is 1. The molecule has 1 aliphatic carbocycles. The topological polar surface area (TPSA) is 27.0 Å². The van der Waals surface area contributed by atoms with Crippen LogP contribution < -0.4 is 0 Å². The van der Waals surface area contributed by atoms with Gasteiger partial charge < -0.3 is 0 Å². The van der Waals surface area contributed by atoms with E-state index in [1.54, 1.807) is 0 Å². The van der Waals surface area contributed by atoms with E-state index in [2.05, 4.69) is 24.8 Å². The van der Waals surface area contributed by atoms with Gasteiger partial charge in [-0.1, -0.05) is 39.5 Å². The van der Waals surface area contributed by atoms with Crippen LogP contribution >= 0.6 is 0 Å². The maximum Gasteiger partial charge on any atom is 0.0717 e. The van der Waals surface area contributed by atoms with Gasteiger partial charge in [-0.2, -0.15) is 5.26 Å². The zero-order chi connectivity index (χ0) is 11.1. The fourth-order valence-corrected chi connectivity index (χ4v) is 2.34. The summed E-state index contributed by atoms with van der Waals surface area (Å²) in [5, 5.41) is 8.63. The molecule has 1 aliphatic heterocycles. The molecule has 2 rings (SSSR count). The van der Waals surface area contributed by atoms with Crippen LogP contribution in [0.15, 0.2) is 0 Å². The van der Waals surface area contributed by atoms with Crippen LogP contribution in [0.5, 0.6) is 0 Å². The van der Waals surface area contributed by atoms with Gasteiger partial charge in [0.25, 0.3) is 0 Å². The lowest BCUT2D eigenvalue weighted by Crippen LogP contribution is -2.52. The van der Waals surface area contributed by atoms with Crippen molar-refractivity contribution in [3.8, 4) is 6.07 Å². The summed E-state index contributed by atoms with van der Waals surface area (Å²) < 4.78 is 0. The van der Waals surface area contributed by atoms with Gasteiger partial charge in [-0.25, -0.2) is 0 Å². The van der Waals surface area contributed by atoms with Crippen molar-refractivity contribution in [3.63, 3.8) is 0 Å². The standard InChI is InChI=1S/C10H16N2.C3H8/c11-6-9-7-12(8-9)10-4-2-1-3-5-10;1-3-2/h9-10H,1-5,7-8H2;3H2,1-2H3. The highest BCUT2D eigenvalue weighted by Gasteiger charge is 2.32. The van der Waals surface area contributed by atoms with Crippen LogP contribution in [0, 0.1) is 17.2 Å². The second kappa shape index (κ2) is 6.85. The Labute approximate surface area is 94.3 Å². The third kappa shape index (κ3) is 3.83. The molecule has 0 aromatic heterocycles. The van der Waals surface area contributed by atoms with E-state index in [0.717, 1.165) is 19.1 Å². The van der Waals surface area contributed by atoms with Gasteiger partial charge in [0, 0.05) is 19.1 Å². The Hall–Kier alpha value is -0.550. The zero-order valence-corrected chi connectivity index (χ0v) is 10.2. The molecule has 15 heavy (non-hydrogen) atoms. The fourth-order valence-electron chi connectivity index (χ4n) is 2.34. The molecule has 1 heterocycles. The van der Waals surface area contributed by atoms with Crippen LogP contribution in [-0.2, 0) is 0 Å². The molecule has 0 radical (unpaired) electrons. The van der Waals surface area contributed by atoms with E-state index in [1.807, 2.05) is 0 Å². The van der Waals surface area contributed by atoms with Gasteiger partial charge >= 0.3 is 0 Å². The van der Waals surface area contributed by atoms with Gasteiger partial charge in [0.15, 0.2) is 0 Å². The molecular formula is C13H24N2. The lowest BCUT2D eigenvalue weighted by Gasteiger charge is -2.43. The molecule has 2 fully saturated rings. The second-order valence-electron chi connectivity index (χ2n) is 4.78. The minimum atomic E-state index is 0.340. The molecule has 2 heteroatoms.